The molecule has 0 saturated carbocycles. The molecule has 5 heterocycles. The molecule has 0 radical (unpaired) electrons. The molecule has 0 bridgehead atoms. The normalized spacial score (nSPS) is 18.0. The highest BCUT2D eigenvalue weighted by atomic mass is 35.5. The number of carbonyl (C=O) groups is 5. The van der Waals surface area contributed by atoms with Gasteiger partial charge in [-0.3, -0.25) is 33.8 Å². The van der Waals surface area contributed by atoms with Gasteiger partial charge in [-0.2, -0.15) is 0 Å². The number of aryl methyl sites for hydroxylation is 1. The van der Waals surface area contributed by atoms with Crippen molar-refractivity contribution in [1.82, 2.24) is 45.2 Å². The Balaban J connectivity index is 0.695. The number of benzene rings is 3. The lowest BCUT2D eigenvalue weighted by molar-refractivity contribution is -0.144. The first-order valence-electron chi connectivity index (χ1n) is 27.3. The highest BCUT2D eigenvalue weighted by Gasteiger charge is 2.44. The van der Waals surface area contributed by atoms with Gasteiger partial charge in [-0.1, -0.05) is 75.6 Å². The topological polar surface area (TPSA) is 215 Å². The minimum absolute atomic E-state index is 0.00728. The molecule has 5 aromatic rings. The number of ether oxygens (including phenoxy) is 1. The number of thiazole rings is 1. The van der Waals surface area contributed by atoms with Gasteiger partial charge in [-0.15, -0.1) is 11.3 Å². The van der Waals surface area contributed by atoms with Gasteiger partial charge in [0.2, 0.25) is 29.5 Å². The number of carbonyl (C=O) groups excluding carboxylic acids is 5. The monoisotopic (exact) mass is 1120 g/mol. The Labute approximate surface area is 470 Å². The number of unbranched alkanes of at least 4 members (excludes halogenated alkanes) is 3. The minimum atomic E-state index is -0.894. The third-order valence-electron chi connectivity index (χ3n) is 15.0. The summed E-state index contributed by atoms with van der Waals surface area (Å²) in [7, 11) is 1.52. The number of piperazine rings is 1. The molecule has 0 spiro atoms. The van der Waals surface area contributed by atoms with E-state index in [2.05, 4.69) is 46.0 Å². The number of nitrogens with zero attached hydrogens (tertiary/aromatic N) is 7. The second-order valence-corrected chi connectivity index (χ2v) is 23.0. The molecule has 3 fully saturated rings. The maximum absolute atomic E-state index is 14.1. The maximum atomic E-state index is 14.1. The van der Waals surface area contributed by atoms with Gasteiger partial charge < -0.3 is 40.9 Å². The molecule has 422 valence electrons. The highest BCUT2D eigenvalue weighted by molar-refractivity contribution is 7.13. The molecule has 79 heavy (non-hydrogen) atoms. The number of halogens is 2. The van der Waals surface area contributed by atoms with E-state index in [4.69, 9.17) is 16.3 Å². The van der Waals surface area contributed by atoms with E-state index in [9.17, 15) is 33.5 Å². The van der Waals surface area contributed by atoms with Crippen LogP contribution in [0.1, 0.15) is 89.8 Å². The van der Waals surface area contributed by atoms with Gasteiger partial charge in [0.05, 0.1) is 45.5 Å². The molecule has 1 unspecified atom stereocenters. The van der Waals surface area contributed by atoms with E-state index in [1.165, 1.54) is 36.5 Å². The summed E-state index contributed by atoms with van der Waals surface area (Å²) >= 11 is 7.56. The van der Waals surface area contributed by atoms with E-state index < -0.39 is 35.3 Å². The fourth-order valence-corrected chi connectivity index (χ4v) is 11.5. The number of piperidine rings is 1. The summed E-state index contributed by atoms with van der Waals surface area (Å²) in [6.07, 6.45) is 9.68. The fraction of sp³-hybridized carbons (Fsp3) is 0.483. The quantitative estimate of drug-likeness (QED) is 0.0350. The van der Waals surface area contributed by atoms with Crippen LogP contribution in [0.15, 0.2) is 78.6 Å². The number of methoxy groups -OCH3 is 1. The Morgan fingerprint density at radius 2 is 1.66 bits per heavy atom. The van der Waals surface area contributed by atoms with Crippen LogP contribution >= 0.6 is 22.9 Å². The number of β-amino-alcohol motifs (C(OH)–C–C–N with tert-alkyl or cyclic N) is 1. The smallest absolute Gasteiger partial charge is 0.248 e. The zero-order valence-corrected chi connectivity index (χ0v) is 47.3. The van der Waals surface area contributed by atoms with Crippen LogP contribution < -0.4 is 26.0 Å². The Hall–Kier alpha value is -6.58. The van der Waals surface area contributed by atoms with Crippen LogP contribution in [-0.4, -0.2) is 153 Å². The van der Waals surface area contributed by atoms with Crippen molar-refractivity contribution < 1.29 is 38.2 Å². The van der Waals surface area contributed by atoms with Crippen LogP contribution in [0.4, 0.5) is 21.6 Å². The number of hydrogen-bond donors (Lipinski definition) is 5. The minimum Gasteiger partial charge on any atom is -0.494 e. The molecule has 21 heteroatoms. The van der Waals surface area contributed by atoms with Crippen molar-refractivity contribution in [1.29, 1.82) is 0 Å². The third kappa shape index (κ3) is 15.6. The third-order valence-corrected chi connectivity index (χ3v) is 16.3. The van der Waals surface area contributed by atoms with Crippen molar-refractivity contribution in [2.24, 2.45) is 5.41 Å². The van der Waals surface area contributed by atoms with Gasteiger partial charge in [0.15, 0.2) is 0 Å². The van der Waals surface area contributed by atoms with E-state index in [0.717, 1.165) is 80.0 Å². The number of fused-ring (bicyclic) bond motifs is 1. The first-order chi connectivity index (χ1) is 37.9. The lowest BCUT2D eigenvalue weighted by atomic mass is 9.85. The number of likely N-dealkylation sites (tertiary alicyclic amines) is 2. The first kappa shape index (κ1) is 58.6. The van der Waals surface area contributed by atoms with Crippen molar-refractivity contribution >= 4 is 80.6 Å². The summed E-state index contributed by atoms with van der Waals surface area (Å²) in [5.74, 6) is -0.788. The number of anilines is 3. The molecule has 3 saturated heterocycles. The van der Waals surface area contributed by atoms with Crippen molar-refractivity contribution in [2.45, 2.75) is 116 Å². The van der Waals surface area contributed by atoms with Gasteiger partial charge in [0, 0.05) is 94.3 Å². The van der Waals surface area contributed by atoms with E-state index in [0.29, 0.717) is 72.4 Å². The lowest BCUT2D eigenvalue weighted by Gasteiger charge is -2.42. The van der Waals surface area contributed by atoms with Gasteiger partial charge in [-0.25, -0.2) is 19.3 Å². The molecular weight excluding hydrogens is 1050 g/mol. The fourth-order valence-electron chi connectivity index (χ4n) is 10.5. The predicted molar refractivity (Wildman–Crippen MR) is 306 cm³/mol. The Morgan fingerprint density at radius 1 is 0.924 bits per heavy atom. The van der Waals surface area contributed by atoms with Gasteiger partial charge in [0.1, 0.15) is 35.8 Å². The van der Waals surface area contributed by atoms with Crippen LogP contribution in [0.2, 0.25) is 5.02 Å². The zero-order valence-electron chi connectivity index (χ0n) is 45.7. The number of nitrogens with one attached hydrogen (secondary N) is 4. The maximum Gasteiger partial charge on any atom is 0.248 e. The summed E-state index contributed by atoms with van der Waals surface area (Å²) in [5, 5.41) is 23.2. The number of amides is 5. The SMILES string of the molecule is COc1cc2ncnc(Nc3ccc(F)c(Cl)c3)c2cc1NC(=O)/C=C/CN1CCC(N2CCN(C(=O)CCCCCCC(=O)NC(C(=O)N3C[C@H](O)C[C@H]3C(=O)NCc3ccc(-c4scnc4C)cc3)C(C)(C)C)CC2)CC1. The lowest BCUT2D eigenvalue weighted by Crippen LogP contribution is -2.57. The molecule has 2 aromatic heterocycles. The number of aliphatic hydroxyl groups excluding tert-OH is 1. The molecule has 3 aromatic carbocycles. The molecule has 8 rings (SSSR count). The van der Waals surface area contributed by atoms with Crippen molar-refractivity contribution in [3.8, 4) is 16.2 Å². The second kappa shape index (κ2) is 27.1. The number of aromatic nitrogens is 3. The molecule has 3 aliphatic rings. The summed E-state index contributed by atoms with van der Waals surface area (Å²) in [6.45, 7) is 13.4. The largest absolute Gasteiger partial charge is 0.494 e. The van der Waals surface area contributed by atoms with E-state index in [1.54, 1.807) is 29.5 Å². The number of aliphatic hydroxyl groups is 1. The molecule has 5 amide bonds. The summed E-state index contributed by atoms with van der Waals surface area (Å²) in [6, 6.07) is 14.3. The summed E-state index contributed by atoms with van der Waals surface area (Å²) in [5.41, 5.74) is 5.64. The van der Waals surface area contributed by atoms with Crippen LogP contribution in [-0.2, 0) is 30.5 Å². The van der Waals surface area contributed by atoms with Gasteiger partial charge >= 0.3 is 0 Å². The Morgan fingerprint density at radius 3 is 2.34 bits per heavy atom. The Kier molecular flexibility index (Phi) is 20.1. The molecule has 5 N–H and O–H groups in total. The van der Waals surface area contributed by atoms with Crippen LogP contribution in [0.3, 0.4) is 0 Å². The molecule has 3 atom stereocenters. The Bertz CT molecular complexity index is 2980. The van der Waals surface area contributed by atoms with Gasteiger partial charge in [0.25, 0.3) is 0 Å². The van der Waals surface area contributed by atoms with Crippen molar-refractivity contribution in [2.75, 3.05) is 70.1 Å². The second-order valence-electron chi connectivity index (χ2n) is 21.7. The average molecular weight is 1120 g/mol. The van der Waals surface area contributed by atoms with Crippen molar-refractivity contribution in [3.05, 3.63) is 101 Å². The highest BCUT2D eigenvalue weighted by Crippen LogP contribution is 2.34. The molecular formula is C58H73ClFN11O7S. The van der Waals surface area contributed by atoms with E-state index in [-0.39, 0.29) is 54.6 Å². The average Bonchev–Trinajstić information content (AvgIpc) is 4.09. The first-order valence-corrected chi connectivity index (χ1v) is 28.5. The van der Waals surface area contributed by atoms with Crippen LogP contribution in [0, 0.1) is 18.2 Å². The van der Waals surface area contributed by atoms with E-state index >= 15 is 0 Å². The van der Waals surface area contributed by atoms with Crippen LogP contribution in [0.5, 0.6) is 5.75 Å². The number of hydrogen-bond acceptors (Lipinski definition) is 14. The molecule has 18 nitrogen and oxygen atoms in total. The van der Waals surface area contributed by atoms with Crippen LogP contribution in [0.25, 0.3) is 21.3 Å². The van der Waals surface area contributed by atoms with E-state index in [1.807, 2.05) is 68.4 Å². The molecule has 0 aliphatic carbocycles. The number of rotatable bonds is 21. The zero-order chi connectivity index (χ0) is 56.2. The van der Waals surface area contributed by atoms with Crippen molar-refractivity contribution in [3.63, 3.8) is 0 Å². The summed E-state index contributed by atoms with van der Waals surface area (Å²) < 4.78 is 19.3. The molecule has 3 aliphatic heterocycles. The standard InChI is InChI=1S/C58H73ClFN11O7S/c1-37-53(79-36-64-37)39-16-14-38(15-17-39)33-61-56(76)48-30-42(72)34-71(48)57(77)54(58(2,3)4)67-51(74)11-8-6-7-9-13-52(75)70-27-25-69(26-28-70)41-20-23-68(24-21-41)22-10-12-50(73)66-47-31-43-46(32-49(47)78-5)62-35-63-55(43)65-40-18-19-45(60)44(59)29-40/h10,12,14-19,29,31-32,35-36,41-42,48,54,72H,6-9,11,13,20-28,30,33-34H2,1-5H3,(H,61,76)(H,66,73)(H,67,74)(H,62,63,65)/b12-10+/t42-,48+,54?/m1/s1. The predicted octanol–water partition coefficient (Wildman–Crippen LogP) is 7.86. The summed E-state index contributed by atoms with van der Waals surface area (Å²) in [4.78, 5) is 89.5. The van der Waals surface area contributed by atoms with Gasteiger partial charge in [-0.05, 0) is 86.5 Å².